The van der Waals surface area contributed by atoms with Crippen LogP contribution in [0.25, 0.3) is 0 Å². The summed E-state index contributed by atoms with van der Waals surface area (Å²) >= 11 is 5.92. The van der Waals surface area contributed by atoms with Crippen LogP contribution in [-0.4, -0.2) is 60.2 Å². The van der Waals surface area contributed by atoms with Gasteiger partial charge in [0.25, 0.3) is 0 Å². The third kappa shape index (κ3) is 5.87. The van der Waals surface area contributed by atoms with Crippen molar-refractivity contribution in [3.63, 3.8) is 0 Å². The molecule has 1 aromatic heterocycles. The molecule has 140 valence electrons. The largest absolute Gasteiger partial charge is 0.492 e. The molecule has 1 aliphatic rings. The van der Waals surface area contributed by atoms with E-state index in [4.69, 9.17) is 22.1 Å². The molecule has 2 aromatic rings. The second kappa shape index (κ2) is 10.4. The van der Waals surface area contributed by atoms with E-state index >= 15 is 0 Å². The number of rotatable bonds is 5. The molecule has 2 heterocycles. The number of anilines is 1. The first-order valence-corrected chi connectivity index (χ1v) is 8.55. The molecular weight excluding hydrogens is 467 g/mol. The summed E-state index contributed by atoms with van der Waals surface area (Å²) in [5, 5.41) is 0.654. The van der Waals surface area contributed by atoms with Crippen LogP contribution in [0.2, 0.25) is 5.02 Å². The van der Waals surface area contributed by atoms with Crippen molar-refractivity contribution in [1.82, 2.24) is 14.9 Å². The fraction of sp³-hybridized carbons (Fsp3) is 0.353. The zero-order valence-corrected chi connectivity index (χ0v) is 17.4. The molecule has 2 N–H and O–H groups in total. The van der Waals surface area contributed by atoms with Crippen molar-refractivity contribution in [1.29, 1.82) is 0 Å². The van der Waals surface area contributed by atoms with Gasteiger partial charge in [-0.1, -0.05) is 17.7 Å². The van der Waals surface area contributed by atoms with E-state index in [0.717, 1.165) is 37.9 Å². The molecule has 0 spiro atoms. The number of ether oxygens (including phenoxy) is 1. The van der Waals surface area contributed by atoms with Gasteiger partial charge in [0.2, 0.25) is 5.95 Å². The van der Waals surface area contributed by atoms with Crippen molar-refractivity contribution in [3.05, 3.63) is 47.7 Å². The summed E-state index contributed by atoms with van der Waals surface area (Å²) in [4.78, 5) is 17.2. The van der Waals surface area contributed by atoms with Gasteiger partial charge in [-0.25, -0.2) is 15.0 Å². The first-order chi connectivity index (χ1) is 12.2. The van der Waals surface area contributed by atoms with Gasteiger partial charge in [0.15, 0.2) is 5.96 Å². The monoisotopic (exact) mass is 488 g/mol. The van der Waals surface area contributed by atoms with Crippen molar-refractivity contribution in [2.75, 3.05) is 44.2 Å². The Morgan fingerprint density at radius 1 is 1.15 bits per heavy atom. The van der Waals surface area contributed by atoms with Gasteiger partial charge in [-0.15, -0.1) is 24.0 Å². The number of guanidine groups is 1. The number of aromatic nitrogens is 2. The molecular formula is C17H22ClIN6O. The predicted octanol–water partition coefficient (Wildman–Crippen LogP) is 2.26. The zero-order valence-electron chi connectivity index (χ0n) is 14.3. The maximum absolute atomic E-state index is 6.09. The molecule has 3 rings (SSSR count). The highest BCUT2D eigenvalue weighted by atomic mass is 127. The second-order valence-electron chi connectivity index (χ2n) is 5.57. The quantitative estimate of drug-likeness (QED) is 0.301. The van der Waals surface area contributed by atoms with Crippen molar-refractivity contribution >= 4 is 47.5 Å². The first kappa shape index (κ1) is 20.5. The van der Waals surface area contributed by atoms with Gasteiger partial charge in [-0.3, -0.25) is 0 Å². The Labute approximate surface area is 175 Å². The van der Waals surface area contributed by atoms with E-state index in [-0.39, 0.29) is 24.0 Å². The van der Waals surface area contributed by atoms with E-state index in [1.54, 1.807) is 18.5 Å². The fourth-order valence-corrected chi connectivity index (χ4v) is 2.75. The minimum absolute atomic E-state index is 0. The van der Waals surface area contributed by atoms with Crippen LogP contribution >= 0.6 is 35.6 Å². The number of hydrogen-bond acceptors (Lipinski definition) is 5. The minimum atomic E-state index is 0. The van der Waals surface area contributed by atoms with E-state index in [9.17, 15) is 0 Å². The number of nitrogens with zero attached hydrogens (tertiary/aromatic N) is 5. The van der Waals surface area contributed by atoms with Gasteiger partial charge in [0.05, 0.1) is 6.54 Å². The molecule has 0 bridgehead atoms. The smallest absolute Gasteiger partial charge is 0.225 e. The third-order valence-electron chi connectivity index (χ3n) is 3.87. The lowest BCUT2D eigenvalue weighted by molar-refractivity contribution is 0.326. The van der Waals surface area contributed by atoms with Crippen LogP contribution in [0.4, 0.5) is 5.95 Å². The van der Waals surface area contributed by atoms with Crippen LogP contribution in [0.15, 0.2) is 47.7 Å². The molecule has 0 radical (unpaired) electrons. The second-order valence-corrected chi connectivity index (χ2v) is 6.01. The summed E-state index contributed by atoms with van der Waals surface area (Å²) in [7, 11) is 0. The Morgan fingerprint density at radius 3 is 2.58 bits per heavy atom. The Balaban J connectivity index is 0.00000243. The van der Waals surface area contributed by atoms with Gasteiger partial charge in [0.1, 0.15) is 12.4 Å². The van der Waals surface area contributed by atoms with Crippen LogP contribution < -0.4 is 15.4 Å². The molecule has 0 aliphatic carbocycles. The van der Waals surface area contributed by atoms with E-state index in [2.05, 4.69) is 24.8 Å². The summed E-state index contributed by atoms with van der Waals surface area (Å²) in [5.41, 5.74) is 6.09. The highest BCUT2D eigenvalue weighted by molar-refractivity contribution is 14.0. The molecule has 26 heavy (non-hydrogen) atoms. The lowest BCUT2D eigenvalue weighted by Gasteiger charge is -2.35. The normalized spacial score (nSPS) is 14.7. The molecule has 7 nitrogen and oxygen atoms in total. The maximum Gasteiger partial charge on any atom is 0.225 e. The highest BCUT2D eigenvalue weighted by Crippen LogP contribution is 2.16. The van der Waals surface area contributed by atoms with Gasteiger partial charge >= 0.3 is 0 Å². The number of benzene rings is 1. The van der Waals surface area contributed by atoms with E-state index in [1.807, 2.05) is 24.3 Å². The number of hydrogen-bond donors (Lipinski definition) is 1. The van der Waals surface area contributed by atoms with Crippen molar-refractivity contribution in [3.8, 4) is 5.75 Å². The van der Waals surface area contributed by atoms with Crippen molar-refractivity contribution < 1.29 is 4.74 Å². The molecule has 1 aliphatic heterocycles. The minimum Gasteiger partial charge on any atom is -0.492 e. The SMILES string of the molecule is I.NC(=NCCOc1cccc(Cl)c1)N1CCN(c2ncccn2)CC1. The van der Waals surface area contributed by atoms with Crippen molar-refractivity contribution in [2.24, 2.45) is 10.7 Å². The molecule has 0 unspecified atom stereocenters. The number of nitrogens with two attached hydrogens (primary N) is 1. The average molecular weight is 489 g/mol. The van der Waals surface area contributed by atoms with Crippen LogP contribution in [0.1, 0.15) is 0 Å². The summed E-state index contributed by atoms with van der Waals surface area (Å²) < 4.78 is 5.61. The molecule has 0 amide bonds. The van der Waals surface area contributed by atoms with Gasteiger partial charge in [-0.2, -0.15) is 0 Å². The fourth-order valence-electron chi connectivity index (χ4n) is 2.57. The van der Waals surface area contributed by atoms with E-state index in [0.29, 0.717) is 24.1 Å². The predicted molar refractivity (Wildman–Crippen MR) is 115 cm³/mol. The summed E-state index contributed by atoms with van der Waals surface area (Å²) in [6.07, 6.45) is 3.51. The average Bonchev–Trinajstić information content (AvgIpc) is 2.66. The van der Waals surface area contributed by atoms with E-state index in [1.165, 1.54) is 0 Å². The van der Waals surface area contributed by atoms with Gasteiger partial charge in [-0.05, 0) is 24.3 Å². The first-order valence-electron chi connectivity index (χ1n) is 8.17. The Kier molecular flexibility index (Phi) is 8.17. The summed E-state index contributed by atoms with van der Waals surface area (Å²) in [6.45, 7) is 4.18. The Morgan fingerprint density at radius 2 is 1.88 bits per heavy atom. The third-order valence-corrected chi connectivity index (χ3v) is 4.10. The van der Waals surface area contributed by atoms with Crippen molar-refractivity contribution in [2.45, 2.75) is 0 Å². The standard InChI is InChI=1S/C17H21ClN6O.HI/c18-14-3-1-4-15(13-14)25-12-7-20-16(19)23-8-10-24(11-9-23)17-21-5-2-6-22-17;/h1-6,13H,7-12H2,(H2,19,20);1H. The number of halogens is 2. The lowest BCUT2D eigenvalue weighted by atomic mass is 10.3. The van der Waals surface area contributed by atoms with Crippen LogP contribution in [0.5, 0.6) is 5.75 Å². The Bertz CT molecular complexity index is 709. The molecule has 1 aromatic carbocycles. The topological polar surface area (TPSA) is 79.9 Å². The zero-order chi connectivity index (χ0) is 17.5. The molecule has 9 heteroatoms. The number of aliphatic imine (C=N–C) groups is 1. The molecule has 1 saturated heterocycles. The highest BCUT2D eigenvalue weighted by Gasteiger charge is 2.19. The van der Waals surface area contributed by atoms with Gasteiger partial charge < -0.3 is 20.3 Å². The maximum atomic E-state index is 6.09. The van der Waals surface area contributed by atoms with Gasteiger partial charge in [0, 0.05) is 43.6 Å². The van der Waals surface area contributed by atoms with E-state index < -0.39 is 0 Å². The molecule has 0 saturated carbocycles. The lowest BCUT2D eigenvalue weighted by Crippen LogP contribution is -2.51. The van der Waals surface area contributed by atoms with Crippen LogP contribution in [-0.2, 0) is 0 Å². The molecule has 1 fully saturated rings. The van der Waals surface area contributed by atoms with Crippen LogP contribution in [0.3, 0.4) is 0 Å². The number of piperazine rings is 1. The summed E-state index contributed by atoms with van der Waals surface area (Å²) in [6, 6.07) is 9.12. The molecule has 0 atom stereocenters. The Hall–Kier alpha value is -1.81. The summed E-state index contributed by atoms with van der Waals surface area (Å²) in [5.74, 6) is 2.04. The van der Waals surface area contributed by atoms with Crippen LogP contribution in [0, 0.1) is 0 Å².